The van der Waals surface area contributed by atoms with Gasteiger partial charge in [-0.15, -0.1) is 0 Å². The van der Waals surface area contributed by atoms with Gasteiger partial charge in [0.25, 0.3) is 5.24 Å². The van der Waals surface area contributed by atoms with Gasteiger partial charge >= 0.3 is 0 Å². The lowest BCUT2D eigenvalue weighted by Crippen LogP contribution is -2.17. The molecule has 1 aliphatic rings. The van der Waals surface area contributed by atoms with Crippen molar-refractivity contribution in [2.75, 3.05) is 0 Å². The second-order valence-corrected chi connectivity index (χ2v) is 3.14. The molecule has 0 saturated carbocycles. The van der Waals surface area contributed by atoms with Gasteiger partial charge in [0.2, 0.25) is 0 Å². The minimum atomic E-state index is -0.716. The fourth-order valence-corrected chi connectivity index (χ4v) is 1.24. The van der Waals surface area contributed by atoms with Crippen molar-refractivity contribution in [1.29, 1.82) is 0 Å². The van der Waals surface area contributed by atoms with Gasteiger partial charge in [0.15, 0.2) is 6.10 Å². The number of halogens is 1. The molecule has 5 heteroatoms. The smallest absolute Gasteiger partial charge is 0.257 e. The van der Waals surface area contributed by atoms with Crippen LogP contribution in [0.4, 0.5) is 0 Å². The summed E-state index contributed by atoms with van der Waals surface area (Å²) in [5.41, 5.74) is 4.18. The van der Waals surface area contributed by atoms with Crippen LogP contribution in [0.25, 0.3) is 5.70 Å². The van der Waals surface area contributed by atoms with Crippen LogP contribution in [-0.2, 0) is 9.63 Å². The van der Waals surface area contributed by atoms with Crippen LogP contribution in [-0.4, -0.2) is 16.3 Å². The maximum Gasteiger partial charge on any atom is 0.257 e. The van der Waals surface area contributed by atoms with Crippen LogP contribution < -0.4 is 5.48 Å². The summed E-state index contributed by atoms with van der Waals surface area (Å²) < 4.78 is 0. The van der Waals surface area contributed by atoms with Gasteiger partial charge in [-0.25, -0.2) is 0 Å². The third-order valence-electron chi connectivity index (χ3n) is 1.81. The molecule has 0 aromatic carbocycles. The second-order valence-electron chi connectivity index (χ2n) is 2.77. The zero-order valence-electron chi connectivity index (χ0n) is 7.11. The monoisotopic (exact) mass is 210 g/mol. The van der Waals surface area contributed by atoms with E-state index in [4.69, 9.17) is 16.4 Å². The minimum Gasteiger partial charge on any atom is -0.278 e. The molecule has 2 rings (SSSR count). The Labute approximate surface area is 85.5 Å². The molecule has 72 valence electrons. The summed E-state index contributed by atoms with van der Waals surface area (Å²) in [6.45, 7) is 0. The summed E-state index contributed by atoms with van der Waals surface area (Å²) in [7, 11) is 0. The van der Waals surface area contributed by atoms with Crippen molar-refractivity contribution in [3.05, 3.63) is 36.2 Å². The van der Waals surface area contributed by atoms with Gasteiger partial charge in [0.1, 0.15) is 0 Å². The van der Waals surface area contributed by atoms with Crippen LogP contribution in [0.15, 0.2) is 30.6 Å². The standard InChI is InChI=1S/C9H7ClN2O2/c10-9(13)8-4-7(12-14-8)6-2-1-3-11-5-6/h1-5,8,12H. The van der Waals surface area contributed by atoms with Gasteiger partial charge in [-0.05, 0) is 29.8 Å². The van der Waals surface area contributed by atoms with E-state index in [0.717, 1.165) is 5.56 Å². The number of nitrogens with zero attached hydrogens (tertiary/aromatic N) is 1. The first-order chi connectivity index (χ1) is 6.77. The fraction of sp³-hybridized carbons (Fsp3) is 0.111. The first-order valence-corrected chi connectivity index (χ1v) is 4.38. The number of nitrogens with one attached hydrogen (secondary N) is 1. The Hall–Kier alpha value is -1.39. The van der Waals surface area contributed by atoms with Crippen LogP contribution in [0.5, 0.6) is 0 Å². The predicted octanol–water partition coefficient (Wildman–Crippen LogP) is 1.09. The third-order valence-corrected chi connectivity index (χ3v) is 2.03. The highest BCUT2D eigenvalue weighted by molar-refractivity contribution is 6.64. The van der Waals surface area contributed by atoms with Gasteiger partial charge in [-0.1, -0.05) is 0 Å². The van der Waals surface area contributed by atoms with Gasteiger partial charge in [0, 0.05) is 18.0 Å². The third kappa shape index (κ3) is 1.76. The second kappa shape index (κ2) is 3.77. The molecule has 14 heavy (non-hydrogen) atoms. The molecular weight excluding hydrogens is 204 g/mol. The molecule has 1 aromatic rings. The fourth-order valence-electron chi connectivity index (χ4n) is 1.14. The van der Waals surface area contributed by atoms with Gasteiger partial charge in [0.05, 0.1) is 5.70 Å². The van der Waals surface area contributed by atoms with Crippen molar-refractivity contribution in [2.24, 2.45) is 0 Å². The van der Waals surface area contributed by atoms with Crippen molar-refractivity contribution in [3.63, 3.8) is 0 Å². The Balaban J connectivity index is 2.22. The molecule has 0 radical (unpaired) electrons. The number of pyridine rings is 1. The van der Waals surface area contributed by atoms with Crippen LogP contribution in [0.3, 0.4) is 0 Å². The maximum absolute atomic E-state index is 10.8. The number of rotatable bonds is 2. The van der Waals surface area contributed by atoms with Gasteiger partial charge in [-0.2, -0.15) is 0 Å². The van der Waals surface area contributed by atoms with E-state index in [9.17, 15) is 4.79 Å². The lowest BCUT2D eigenvalue weighted by Gasteiger charge is -2.02. The van der Waals surface area contributed by atoms with Crippen LogP contribution in [0.2, 0.25) is 0 Å². The van der Waals surface area contributed by atoms with E-state index in [1.807, 2.05) is 6.07 Å². The zero-order valence-corrected chi connectivity index (χ0v) is 7.86. The molecular formula is C9H7ClN2O2. The molecule has 1 aliphatic heterocycles. The molecule has 0 amide bonds. The first-order valence-electron chi connectivity index (χ1n) is 4.00. The average molecular weight is 211 g/mol. The van der Waals surface area contributed by atoms with E-state index in [0.29, 0.717) is 5.70 Å². The van der Waals surface area contributed by atoms with Gasteiger partial charge in [-0.3, -0.25) is 20.1 Å². The molecule has 4 nitrogen and oxygen atoms in total. The highest BCUT2D eigenvalue weighted by Gasteiger charge is 2.22. The Morgan fingerprint density at radius 2 is 2.50 bits per heavy atom. The molecule has 1 atom stereocenters. The predicted molar refractivity (Wildman–Crippen MR) is 51.1 cm³/mol. The lowest BCUT2D eigenvalue weighted by atomic mass is 10.2. The first kappa shape index (κ1) is 9.18. The summed E-state index contributed by atoms with van der Waals surface area (Å²) in [6, 6.07) is 3.66. The van der Waals surface area contributed by atoms with Crippen LogP contribution in [0, 0.1) is 0 Å². The maximum atomic E-state index is 10.8. The summed E-state index contributed by atoms with van der Waals surface area (Å²) >= 11 is 5.27. The Morgan fingerprint density at radius 1 is 1.64 bits per heavy atom. The lowest BCUT2D eigenvalue weighted by molar-refractivity contribution is -0.120. The Kier molecular flexibility index (Phi) is 2.47. The van der Waals surface area contributed by atoms with Crippen LogP contribution >= 0.6 is 11.6 Å². The van der Waals surface area contributed by atoms with Crippen molar-refractivity contribution in [1.82, 2.24) is 10.5 Å². The number of carbonyl (C=O) groups excluding carboxylic acids is 1. The van der Waals surface area contributed by atoms with Crippen molar-refractivity contribution in [2.45, 2.75) is 6.10 Å². The molecule has 1 unspecified atom stereocenters. The molecule has 1 aromatic heterocycles. The summed E-state index contributed by atoms with van der Waals surface area (Å²) in [4.78, 5) is 19.6. The highest BCUT2D eigenvalue weighted by Crippen LogP contribution is 2.18. The number of hydroxylamine groups is 1. The number of hydrogen-bond acceptors (Lipinski definition) is 4. The minimum absolute atomic E-state index is 0.545. The average Bonchev–Trinajstić information content (AvgIpc) is 2.68. The summed E-state index contributed by atoms with van der Waals surface area (Å²) in [5.74, 6) is 0. The van der Waals surface area contributed by atoms with E-state index in [1.54, 1.807) is 24.5 Å². The number of hydrogen-bond donors (Lipinski definition) is 1. The quantitative estimate of drug-likeness (QED) is 0.743. The van der Waals surface area contributed by atoms with Gasteiger partial charge < -0.3 is 0 Å². The molecule has 0 saturated heterocycles. The van der Waals surface area contributed by atoms with E-state index in [1.165, 1.54) is 0 Å². The largest absolute Gasteiger partial charge is 0.278 e. The zero-order chi connectivity index (χ0) is 9.97. The van der Waals surface area contributed by atoms with E-state index < -0.39 is 11.3 Å². The van der Waals surface area contributed by atoms with Crippen LogP contribution in [0.1, 0.15) is 5.56 Å². The van der Waals surface area contributed by atoms with E-state index >= 15 is 0 Å². The molecule has 0 aliphatic carbocycles. The molecule has 1 N–H and O–H groups in total. The molecule has 0 bridgehead atoms. The highest BCUT2D eigenvalue weighted by atomic mass is 35.5. The number of aromatic nitrogens is 1. The van der Waals surface area contributed by atoms with E-state index in [-0.39, 0.29) is 0 Å². The Morgan fingerprint density at radius 3 is 3.07 bits per heavy atom. The van der Waals surface area contributed by atoms with Crippen molar-refractivity contribution < 1.29 is 9.63 Å². The van der Waals surface area contributed by atoms with Crippen molar-refractivity contribution in [3.8, 4) is 0 Å². The summed E-state index contributed by atoms with van der Waals surface area (Å²) in [6.07, 6.45) is 4.24. The topological polar surface area (TPSA) is 51.2 Å². The molecule has 0 fully saturated rings. The number of carbonyl (C=O) groups is 1. The molecule has 0 spiro atoms. The Bertz CT molecular complexity index is 378. The normalized spacial score (nSPS) is 20.1. The van der Waals surface area contributed by atoms with Crippen molar-refractivity contribution >= 4 is 22.5 Å². The summed E-state index contributed by atoms with van der Waals surface area (Å²) in [5, 5.41) is -0.545. The SMILES string of the molecule is O=C(Cl)C1C=C(c2cccnc2)NO1. The van der Waals surface area contributed by atoms with E-state index in [2.05, 4.69) is 10.5 Å². The molecule has 2 heterocycles.